The van der Waals surface area contributed by atoms with Crippen LogP contribution >= 0.6 is 0 Å². The third-order valence-corrected chi connectivity index (χ3v) is 4.70. The van der Waals surface area contributed by atoms with E-state index in [0.29, 0.717) is 0 Å². The minimum absolute atomic E-state index is 0.730. The number of hydrogen-bond donors (Lipinski definition) is 1. The number of rotatable bonds is 9. The standard InChI is InChI=1S/C18H38N2/c1-6-17-7-10-19-18(13-17)14-20(11-8-15(2)3)12-9-16(4)5/h15-19H,6-14H2,1-5H3. The maximum atomic E-state index is 3.75. The molecule has 0 amide bonds. The Balaban J connectivity index is 2.40. The van der Waals surface area contributed by atoms with E-state index in [4.69, 9.17) is 0 Å². The minimum atomic E-state index is 0.730. The second kappa shape index (κ2) is 9.78. The Morgan fingerprint density at radius 2 is 1.65 bits per heavy atom. The van der Waals surface area contributed by atoms with Crippen molar-refractivity contribution in [3.63, 3.8) is 0 Å². The van der Waals surface area contributed by atoms with E-state index in [2.05, 4.69) is 44.8 Å². The van der Waals surface area contributed by atoms with Crippen molar-refractivity contribution in [2.75, 3.05) is 26.2 Å². The molecule has 0 aromatic carbocycles. The molecule has 1 fully saturated rings. The van der Waals surface area contributed by atoms with Gasteiger partial charge in [-0.05, 0) is 63.1 Å². The van der Waals surface area contributed by atoms with Crippen LogP contribution in [0.15, 0.2) is 0 Å². The first kappa shape index (κ1) is 18.0. The first-order valence-electron chi connectivity index (χ1n) is 8.97. The molecular weight excluding hydrogens is 244 g/mol. The van der Waals surface area contributed by atoms with Crippen molar-refractivity contribution in [2.45, 2.75) is 72.8 Å². The quantitative estimate of drug-likeness (QED) is 0.683. The summed E-state index contributed by atoms with van der Waals surface area (Å²) in [5.74, 6) is 2.59. The molecule has 0 radical (unpaired) electrons. The topological polar surface area (TPSA) is 15.3 Å². The molecule has 120 valence electrons. The van der Waals surface area contributed by atoms with E-state index in [1.807, 2.05) is 0 Å². The van der Waals surface area contributed by atoms with Crippen LogP contribution < -0.4 is 5.32 Å². The van der Waals surface area contributed by atoms with E-state index >= 15 is 0 Å². The third kappa shape index (κ3) is 7.64. The van der Waals surface area contributed by atoms with Crippen LogP contribution in [0.5, 0.6) is 0 Å². The van der Waals surface area contributed by atoms with Gasteiger partial charge in [-0.25, -0.2) is 0 Å². The minimum Gasteiger partial charge on any atom is -0.313 e. The zero-order chi connectivity index (χ0) is 15.0. The smallest absolute Gasteiger partial charge is 0.0197 e. The molecule has 1 aliphatic rings. The fourth-order valence-electron chi connectivity index (χ4n) is 3.09. The third-order valence-electron chi connectivity index (χ3n) is 4.70. The van der Waals surface area contributed by atoms with Crippen LogP contribution in [0.4, 0.5) is 0 Å². The van der Waals surface area contributed by atoms with Gasteiger partial charge in [-0.2, -0.15) is 0 Å². The van der Waals surface area contributed by atoms with Crippen LogP contribution in [0.1, 0.15) is 66.7 Å². The first-order valence-corrected chi connectivity index (χ1v) is 8.97. The average molecular weight is 283 g/mol. The maximum Gasteiger partial charge on any atom is 0.0197 e. The fourth-order valence-corrected chi connectivity index (χ4v) is 3.09. The van der Waals surface area contributed by atoms with E-state index < -0.39 is 0 Å². The molecule has 1 saturated heterocycles. The van der Waals surface area contributed by atoms with Crippen LogP contribution in [-0.4, -0.2) is 37.1 Å². The van der Waals surface area contributed by atoms with E-state index in [-0.39, 0.29) is 0 Å². The number of piperidine rings is 1. The van der Waals surface area contributed by atoms with Gasteiger partial charge in [0.2, 0.25) is 0 Å². The van der Waals surface area contributed by atoms with Gasteiger partial charge >= 0.3 is 0 Å². The largest absolute Gasteiger partial charge is 0.313 e. The lowest BCUT2D eigenvalue weighted by molar-refractivity contribution is 0.185. The second-order valence-corrected chi connectivity index (χ2v) is 7.62. The Morgan fingerprint density at radius 1 is 1.05 bits per heavy atom. The Labute approximate surface area is 127 Å². The Hall–Kier alpha value is -0.0800. The van der Waals surface area contributed by atoms with Gasteiger partial charge in [0.05, 0.1) is 0 Å². The first-order chi connectivity index (χ1) is 9.51. The lowest BCUT2D eigenvalue weighted by Crippen LogP contribution is -2.46. The van der Waals surface area contributed by atoms with Gasteiger partial charge in [0.15, 0.2) is 0 Å². The molecular formula is C18H38N2. The van der Waals surface area contributed by atoms with E-state index in [9.17, 15) is 0 Å². The number of nitrogens with zero attached hydrogens (tertiary/aromatic N) is 1. The monoisotopic (exact) mass is 282 g/mol. The van der Waals surface area contributed by atoms with Gasteiger partial charge in [0.1, 0.15) is 0 Å². The van der Waals surface area contributed by atoms with Crippen molar-refractivity contribution in [1.82, 2.24) is 10.2 Å². The Kier molecular flexibility index (Phi) is 8.79. The van der Waals surface area contributed by atoms with Crippen molar-refractivity contribution in [3.8, 4) is 0 Å². The fraction of sp³-hybridized carbons (Fsp3) is 1.00. The number of nitrogens with one attached hydrogen (secondary N) is 1. The molecule has 2 nitrogen and oxygen atoms in total. The van der Waals surface area contributed by atoms with Crippen molar-refractivity contribution in [1.29, 1.82) is 0 Å². The summed E-state index contributed by atoms with van der Waals surface area (Å²) < 4.78 is 0. The van der Waals surface area contributed by atoms with Gasteiger partial charge < -0.3 is 10.2 Å². The highest BCUT2D eigenvalue weighted by Crippen LogP contribution is 2.20. The van der Waals surface area contributed by atoms with Gasteiger partial charge in [0.25, 0.3) is 0 Å². The van der Waals surface area contributed by atoms with Crippen LogP contribution in [0, 0.1) is 17.8 Å². The van der Waals surface area contributed by atoms with Crippen LogP contribution in [0.2, 0.25) is 0 Å². The molecule has 1 heterocycles. The molecule has 1 aliphatic heterocycles. The van der Waals surface area contributed by atoms with Crippen molar-refractivity contribution in [3.05, 3.63) is 0 Å². The summed E-state index contributed by atoms with van der Waals surface area (Å²) in [7, 11) is 0. The van der Waals surface area contributed by atoms with E-state index in [1.54, 1.807) is 0 Å². The molecule has 2 unspecified atom stereocenters. The number of hydrogen-bond acceptors (Lipinski definition) is 2. The molecule has 1 rings (SSSR count). The summed E-state index contributed by atoms with van der Waals surface area (Å²) in [5.41, 5.74) is 0. The van der Waals surface area contributed by atoms with E-state index in [0.717, 1.165) is 23.8 Å². The zero-order valence-electron chi connectivity index (χ0n) is 14.6. The van der Waals surface area contributed by atoms with Crippen LogP contribution in [0.3, 0.4) is 0 Å². The zero-order valence-corrected chi connectivity index (χ0v) is 14.6. The molecule has 20 heavy (non-hydrogen) atoms. The molecule has 0 bridgehead atoms. The van der Waals surface area contributed by atoms with Gasteiger partial charge in [-0.3, -0.25) is 0 Å². The predicted molar refractivity (Wildman–Crippen MR) is 90.2 cm³/mol. The molecule has 0 aromatic rings. The summed E-state index contributed by atoms with van der Waals surface area (Å²) in [6, 6.07) is 0.730. The second-order valence-electron chi connectivity index (χ2n) is 7.62. The lowest BCUT2D eigenvalue weighted by atomic mass is 9.90. The molecule has 2 atom stereocenters. The van der Waals surface area contributed by atoms with Gasteiger partial charge in [-0.15, -0.1) is 0 Å². The predicted octanol–water partition coefficient (Wildman–Crippen LogP) is 4.16. The van der Waals surface area contributed by atoms with Gasteiger partial charge in [-0.1, -0.05) is 41.0 Å². The average Bonchev–Trinajstić information content (AvgIpc) is 2.41. The summed E-state index contributed by atoms with van der Waals surface area (Å²) in [6.07, 6.45) is 6.79. The molecule has 0 saturated carbocycles. The normalized spacial score (nSPS) is 24.0. The molecule has 1 N–H and O–H groups in total. The molecule has 0 aromatic heterocycles. The highest BCUT2D eigenvalue weighted by atomic mass is 15.1. The summed E-state index contributed by atoms with van der Waals surface area (Å²) in [6.45, 7) is 16.8. The van der Waals surface area contributed by atoms with Crippen molar-refractivity contribution >= 4 is 0 Å². The maximum absolute atomic E-state index is 3.75. The van der Waals surface area contributed by atoms with Crippen LogP contribution in [0.25, 0.3) is 0 Å². The lowest BCUT2D eigenvalue weighted by Gasteiger charge is -2.34. The van der Waals surface area contributed by atoms with Crippen LogP contribution in [-0.2, 0) is 0 Å². The highest BCUT2D eigenvalue weighted by molar-refractivity contribution is 4.80. The summed E-state index contributed by atoms with van der Waals surface area (Å²) in [4.78, 5) is 2.72. The molecule has 0 aliphatic carbocycles. The van der Waals surface area contributed by atoms with E-state index in [1.165, 1.54) is 58.3 Å². The Bertz CT molecular complexity index is 226. The molecule has 2 heteroatoms. The van der Waals surface area contributed by atoms with Crippen molar-refractivity contribution in [2.24, 2.45) is 17.8 Å². The summed E-state index contributed by atoms with van der Waals surface area (Å²) >= 11 is 0. The van der Waals surface area contributed by atoms with Crippen molar-refractivity contribution < 1.29 is 0 Å². The highest BCUT2D eigenvalue weighted by Gasteiger charge is 2.22. The molecule has 0 spiro atoms. The summed E-state index contributed by atoms with van der Waals surface area (Å²) in [5, 5.41) is 3.75. The SMILES string of the molecule is CCC1CCNC(CN(CCC(C)C)CCC(C)C)C1. The Morgan fingerprint density at radius 3 is 2.15 bits per heavy atom. The van der Waals surface area contributed by atoms with Gasteiger partial charge in [0, 0.05) is 12.6 Å².